The Kier molecular flexibility index (Phi) is 6.44. The van der Waals surface area contributed by atoms with Gasteiger partial charge in [-0.1, -0.05) is 26.3 Å². The molecule has 0 aromatic heterocycles. The van der Waals surface area contributed by atoms with E-state index in [-0.39, 0.29) is 12.6 Å². The van der Waals surface area contributed by atoms with Crippen molar-refractivity contribution in [3.63, 3.8) is 0 Å². The SMILES string of the molecule is [CH2]COC(=O)/C(=C/CC)CCC. The molecule has 0 saturated heterocycles. The minimum Gasteiger partial charge on any atom is -0.462 e. The fourth-order valence-corrected chi connectivity index (χ4v) is 0.989. The zero-order chi connectivity index (χ0) is 9.40. The molecule has 0 bridgehead atoms. The van der Waals surface area contributed by atoms with Gasteiger partial charge < -0.3 is 4.74 Å². The largest absolute Gasteiger partial charge is 0.462 e. The summed E-state index contributed by atoms with van der Waals surface area (Å²) in [4.78, 5) is 11.2. The summed E-state index contributed by atoms with van der Waals surface area (Å²) >= 11 is 0. The second-order valence-corrected chi connectivity index (χ2v) is 2.52. The van der Waals surface area contributed by atoms with E-state index < -0.39 is 0 Å². The van der Waals surface area contributed by atoms with E-state index in [0.29, 0.717) is 0 Å². The zero-order valence-corrected chi connectivity index (χ0v) is 7.93. The molecule has 0 heterocycles. The average Bonchev–Trinajstić information content (AvgIpc) is 2.04. The third-order valence-corrected chi connectivity index (χ3v) is 1.47. The number of allylic oxidation sites excluding steroid dienone is 1. The van der Waals surface area contributed by atoms with Crippen LogP contribution >= 0.6 is 0 Å². The molecule has 0 fully saturated rings. The maximum absolute atomic E-state index is 11.2. The molecule has 0 aliphatic heterocycles. The summed E-state index contributed by atoms with van der Waals surface area (Å²) < 4.78 is 4.79. The average molecular weight is 169 g/mol. The van der Waals surface area contributed by atoms with Gasteiger partial charge in [-0.05, 0) is 19.8 Å². The first-order valence-electron chi connectivity index (χ1n) is 4.41. The van der Waals surface area contributed by atoms with Crippen LogP contribution in [-0.4, -0.2) is 12.6 Å². The Morgan fingerprint density at radius 2 is 2.17 bits per heavy atom. The molecule has 0 aliphatic rings. The van der Waals surface area contributed by atoms with Crippen molar-refractivity contribution in [1.82, 2.24) is 0 Å². The first-order valence-corrected chi connectivity index (χ1v) is 4.41. The summed E-state index contributed by atoms with van der Waals surface area (Å²) in [6.45, 7) is 7.72. The number of hydrogen-bond donors (Lipinski definition) is 0. The number of carbonyl (C=O) groups excluding carboxylic acids is 1. The van der Waals surface area contributed by atoms with Crippen molar-refractivity contribution < 1.29 is 9.53 Å². The summed E-state index contributed by atoms with van der Waals surface area (Å²) in [7, 11) is 0. The highest BCUT2D eigenvalue weighted by molar-refractivity contribution is 5.88. The summed E-state index contributed by atoms with van der Waals surface area (Å²) in [6.07, 6.45) is 4.56. The highest BCUT2D eigenvalue weighted by atomic mass is 16.5. The Morgan fingerprint density at radius 1 is 1.50 bits per heavy atom. The summed E-state index contributed by atoms with van der Waals surface area (Å²) in [5.74, 6) is -0.214. The van der Waals surface area contributed by atoms with Crippen LogP contribution in [0.2, 0.25) is 0 Å². The smallest absolute Gasteiger partial charge is 0.333 e. The van der Waals surface area contributed by atoms with Crippen LogP contribution < -0.4 is 0 Å². The van der Waals surface area contributed by atoms with Crippen molar-refractivity contribution in [2.24, 2.45) is 0 Å². The van der Waals surface area contributed by atoms with Crippen LogP contribution in [-0.2, 0) is 9.53 Å². The van der Waals surface area contributed by atoms with Gasteiger partial charge in [0.25, 0.3) is 0 Å². The van der Waals surface area contributed by atoms with E-state index in [1.54, 1.807) is 0 Å². The van der Waals surface area contributed by atoms with Crippen LogP contribution in [0.15, 0.2) is 11.6 Å². The lowest BCUT2D eigenvalue weighted by Crippen LogP contribution is -2.07. The third-order valence-electron chi connectivity index (χ3n) is 1.47. The van der Waals surface area contributed by atoms with Gasteiger partial charge in [-0.25, -0.2) is 4.79 Å². The summed E-state index contributed by atoms with van der Waals surface area (Å²) in [6, 6.07) is 0. The first kappa shape index (κ1) is 11.2. The molecule has 0 spiro atoms. The molecule has 69 valence electrons. The molecule has 0 saturated carbocycles. The van der Waals surface area contributed by atoms with Gasteiger partial charge in [0.2, 0.25) is 0 Å². The molecule has 0 atom stereocenters. The fourth-order valence-electron chi connectivity index (χ4n) is 0.989. The lowest BCUT2D eigenvalue weighted by atomic mass is 10.1. The minimum absolute atomic E-state index is 0.212. The molecule has 2 nitrogen and oxygen atoms in total. The Hall–Kier alpha value is -0.790. The van der Waals surface area contributed by atoms with Gasteiger partial charge in [-0.3, -0.25) is 0 Å². The highest BCUT2D eigenvalue weighted by Gasteiger charge is 2.07. The van der Waals surface area contributed by atoms with Gasteiger partial charge in [0.15, 0.2) is 0 Å². The molecule has 1 radical (unpaired) electrons. The molecular formula is C10H17O2. The fraction of sp³-hybridized carbons (Fsp3) is 0.600. The Bertz CT molecular complexity index is 159. The molecule has 12 heavy (non-hydrogen) atoms. The van der Waals surface area contributed by atoms with Gasteiger partial charge in [0.05, 0.1) is 6.61 Å². The van der Waals surface area contributed by atoms with Gasteiger partial charge in [-0.15, -0.1) is 0 Å². The first-order chi connectivity index (χ1) is 5.76. The van der Waals surface area contributed by atoms with Crippen LogP contribution in [0.1, 0.15) is 33.1 Å². The van der Waals surface area contributed by atoms with E-state index in [0.717, 1.165) is 24.8 Å². The molecule has 0 rings (SSSR count). The predicted molar refractivity (Wildman–Crippen MR) is 49.6 cm³/mol. The monoisotopic (exact) mass is 169 g/mol. The van der Waals surface area contributed by atoms with Crippen LogP contribution in [0.5, 0.6) is 0 Å². The highest BCUT2D eigenvalue weighted by Crippen LogP contribution is 2.07. The summed E-state index contributed by atoms with van der Waals surface area (Å²) in [5, 5.41) is 0. The molecule has 0 unspecified atom stereocenters. The Morgan fingerprint density at radius 3 is 2.58 bits per heavy atom. The van der Waals surface area contributed by atoms with Crippen molar-refractivity contribution >= 4 is 5.97 Å². The van der Waals surface area contributed by atoms with Crippen molar-refractivity contribution in [2.75, 3.05) is 6.61 Å². The molecule has 0 aliphatic carbocycles. The molecule has 0 aromatic rings. The maximum Gasteiger partial charge on any atom is 0.333 e. The van der Waals surface area contributed by atoms with E-state index in [2.05, 4.69) is 6.92 Å². The molecule has 0 amide bonds. The number of esters is 1. The van der Waals surface area contributed by atoms with Crippen LogP contribution in [0.25, 0.3) is 0 Å². The predicted octanol–water partition coefficient (Wildman–Crippen LogP) is 2.50. The van der Waals surface area contributed by atoms with E-state index in [1.807, 2.05) is 19.9 Å². The maximum atomic E-state index is 11.2. The Labute approximate surface area is 74.6 Å². The van der Waals surface area contributed by atoms with Gasteiger partial charge in [0.1, 0.15) is 0 Å². The van der Waals surface area contributed by atoms with E-state index in [1.165, 1.54) is 0 Å². The Balaban J connectivity index is 4.09. The molecule has 2 heteroatoms. The quantitative estimate of drug-likeness (QED) is 0.467. The summed E-state index contributed by atoms with van der Waals surface area (Å²) in [5.41, 5.74) is 0.781. The van der Waals surface area contributed by atoms with E-state index in [4.69, 9.17) is 4.74 Å². The molecular weight excluding hydrogens is 152 g/mol. The molecule has 0 aromatic carbocycles. The second-order valence-electron chi connectivity index (χ2n) is 2.52. The van der Waals surface area contributed by atoms with E-state index in [9.17, 15) is 4.79 Å². The van der Waals surface area contributed by atoms with Crippen molar-refractivity contribution in [2.45, 2.75) is 33.1 Å². The standard InChI is InChI=1S/C10H17O2/c1-4-7-9(8-5-2)10(11)12-6-3/h7H,3-6,8H2,1-2H3/b9-7+. The lowest BCUT2D eigenvalue weighted by Gasteiger charge is -2.04. The van der Waals surface area contributed by atoms with Crippen molar-refractivity contribution in [1.29, 1.82) is 0 Å². The lowest BCUT2D eigenvalue weighted by molar-refractivity contribution is -0.138. The van der Waals surface area contributed by atoms with Gasteiger partial charge in [0, 0.05) is 5.57 Å². The van der Waals surface area contributed by atoms with Gasteiger partial charge >= 0.3 is 5.97 Å². The topological polar surface area (TPSA) is 26.3 Å². The van der Waals surface area contributed by atoms with Crippen molar-refractivity contribution in [3.8, 4) is 0 Å². The third kappa shape index (κ3) is 4.16. The second kappa shape index (κ2) is 6.89. The minimum atomic E-state index is -0.214. The van der Waals surface area contributed by atoms with Crippen LogP contribution in [0.3, 0.4) is 0 Å². The number of ether oxygens (including phenoxy) is 1. The molecule has 0 N–H and O–H groups in total. The van der Waals surface area contributed by atoms with Crippen LogP contribution in [0, 0.1) is 6.92 Å². The number of carbonyl (C=O) groups is 1. The number of hydrogen-bond acceptors (Lipinski definition) is 2. The van der Waals surface area contributed by atoms with Crippen molar-refractivity contribution in [3.05, 3.63) is 18.6 Å². The number of rotatable bonds is 5. The van der Waals surface area contributed by atoms with Crippen LogP contribution in [0.4, 0.5) is 0 Å². The normalized spacial score (nSPS) is 11.4. The zero-order valence-electron chi connectivity index (χ0n) is 7.93. The van der Waals surface area contributed by atoms with Gasteiger partial charge in [-0.2, -0.15) is 0 Å². The van der Waals surface area contributed by atoms with E-state index >= 15 is 0 Å².